The van der Waals surface area contributed by atoms with E-state index in [9.17, 15) is 7.38 Å². The summed E-state index contributed by atoms with van der Waals surface area (Å²) in [7, 11) is 0. The molecule has 0 aromatic carbocycles. The predicted molar refractivity (Wildman–Crippen MR) is 122 cm³/mol. The molecule has 0 radical (unpaired) electrons. The topological polar surface area (TPSA) is 187 Å². The van der Waals surface area contributed by atoms with Crippen LogP contribution in [0.5, 0.6) is 0 Å². The minimum absolute atomic E-state index is 0.0694. The molecule has 0 saturated heterocycles. The Morgan fingerprint density at radius 1 is 0.515 bits per heavy atom. The van der Waals surface area contributed by atoms with Gasteiger partial charge in [0.25, 0.3) is 0 Å². The molecule has 0 aromatic rings. The van der Waals surface area contributed by atoms with Crippen LogP contribution >= 0.6 is 0 Å². The largest absolute Gasteiger partial charge is 0.395 e. The normalized spacial score (nSPS) is 11.3. The zero-order chi connectivity index (χ0) is 25.8. The average Bonchev–Trinajstić information content (AvgIpc) is 2.76. The monoisotopic (exact) mass is 526 g/mol. The van der Waals surface area contributed by atoms with Crippen molar-refractivity contribution in [3.8, 4) is 0 Å². The van der Waals surface area contributed by atoms with Crippen LogP contribution in [0.2, 0.25) is 0 Å². The molecule has 0 bridgehead atoms. The number of hydrogen-bond acceptors (Lipinski definition) is 12. The molecular weight excluding hydrogens is 476 g/mol. The molecule has 0 amide bonds. The van der Waals surface area contributed by atoms with E-state index in [1.165, 1.54) is 0 Å². The van der Waals surface area contributed by atoms with E-state index in [-0.39, 0.29) is 39.6 Å². The van der Waals surface area contributed by atoms with Gasteiger partial charge in [0, 0.05) is 39.3 Å². The summed E-state index contributed by atoms with van der Waals surface area (Å²) in [6, 6.07) is 0. The zero-order valence-corrected chi connectivity index (χ0v) is 22.1. The van der Waals surface area contributed by atoms with Crippen LogP contribution in [0.15, 0.2) is 0 Å². The van der Waals surface area contributed by atoms with Crippen LogP contribution in [0.1, 0.15) is 39.5 Å². The second-order valence-corrected chi connectivity index (χ2v) is 9.59. The molecule has 8 N–H and O–H groups in total. The molecule has 0 rings (SSSR count). The summed E-state index contributed by atoms with van der Waals surface area (Å²) in [6.45, 7) is 8.31. The maximum atomic E-state index is 9.27. The van der Waals surface area contributed by atoms with Gasteiger partial charge in [-0.3, -0.25) is 9.80 Å². The van der Waals surface area contributed by atoms with Crippen molar-refractivity contribution in [3.63, 3.8) is 0 Å². The summed E-state index contributed by atoms with van der Waals surface area (Å²) in [6.07, 6.45) is 3.64. The molecule has 204 valence electrons. The molecule has 0 aliphatic rings. The Kier molecular flexibility index (Phi) is 34.6. The summed E-state index contributed by atoms with van der Waals surface area (Å²) in [5, 5.41) is 50.9. The van der Waals surface area contributed by atoms with E-state index in [4.69, 9.17) is 37.3 Å². The van der Waals surface area contributed by atoms with E-state index in [1.54, 1.807) is 9.80 Å². The average molecular weight is 526 g/mol. The molecule has 0 aliphatic carbocycles. The van der Waals surface area contributed by atoms with Gasteiger partial charge >= 0.3 is 84.9 Å². The first kappa shape index (κ1) is 37.8. The predicted octanol–water partition coefficient (Wildman–Crippen LogP) is -2.05. The van der Waals surface area contributed by atoms with E-state index in [1.807, 2.05) is 13.8 Å². The first-order valence-electron chi connectivity index (χ1n) is 11.6. The van der Waals surface area contributed by atoms with Crippen molar-refractivity contribution in [2.75, 3.05) is 92.1 Å². The summed E-state index contributed by atoms with van der Waals surface area (Å²) in [5.74, 6) is 0. The number of aliphatic hydroxyl groups is 6. The maximum absolute atomic E-state index is 9.27. The molecule has 12 nitrogen and oxygen atoms in total. The van der Waals surface area contributed by atoms with Crippen LogP contribution in [0.3, 0.4) is 0 Å². The van der Waals surface area contributed by atoms with Crippen LogP contribution in [-0.2, 0) is 24.8 Å². The van der Waals surface area contributed by atoms with E-state index < -0.39 is 18.1 Å². The second kappa shape index (κ2) is 30.3. The van der Waals surface area contributed by atoms with Gasteiger partial charge in [-0.05, 0) is 0 Å². The molecule has 0 heterocycles. The molecule has 0 aromatic heterocycles. The summed E-state index contributed by atoms with van der Waals surface area (Å²) >= 11 is -4.26. The molecular formula is C20H50N2O10Ti. The fourth-order valence-corrected chi connectivity index (χ4v) is 3.67. The first-order valence-corrected chi connectivity index (χ1v) is 14.3. The van der Waals surface area contributed by atoms with Gasteiger partial charge in [-0.25, -0.2) is 0 Å². The van der Waals surface area contributed by atoms with Crippen molar-refractivity contribution >= 4 is 0 Å². The quantitative estimate of drug-likeness (QED) is 0.0642. The molecule has 13 heteroatoms. The fraction of sp³-hybridized carbons (Fsp3) is 1.00. The number of aliphatic hydroxyl groups excluding tert-OH is 6. The number of unbranched alkanes of at least 4 members (excludes halogenated alkanes) is 2. The van der Waals surface area contributed by atoms with Gasteiger partial charge < -0.3 is 30.6 Å². The van der Waals surface area contributed by atoms with E-state index in [2.05, 4.69) is 0 Å². The molecule has 0 spiro atoms. The zero-order valence-electron chi connectivity index (χ0n) is 20.5. The van der Waals surface area contributed by atoms with Crippen LogP contribution in [0, 0.1) is 0 Å². The van der Waals surface area contributed by atoms with Crippen molar-refractivity contribution in [2.24, 2.45) is 0 Å². The molecule has 0 fully saturated rings. The Labute approximate surface area is 204 Å². The first-order chi connectivity index (χ1) is 15.8. The van der Waals surface area contributed by atoms with Crippen molar-refractivity contribution in [3.05, 3.63) is 0 Å². The third-order valence-electron chi connectivity index (χ3n) is 4.07. The minimum atomic E-state index is -4.26. The Balaban J connectivity index is -0.000000415. The third kappa shape index (κ3) is 32.2. The standard InChI is InChI=1S/2C6H15NO3.2C4H9O.2H2O.Ti/c2*8-4-1-7(2-5-9)3-6-10;2*1-2-3-4-5;;;/h2*8-10H,1-6H2;2*2-4H2,1H3;2*1H2;/q;;2*-1;;;+4/p-2. The van der Waals surface area contributed by atoms with Gasteiger partial charge in [0.15, 0.2) is 0 Å². The second-order valence-electron chi connectivity index (χ2n) is 6.98. The SMILES string of the molecule is CCCC[O][Ti]([OH])([OH])[O]CCCC.OCCN(CCO)CCO.OCCN(CCO)CCO. The molecule has 0 atom stereocenters. The maximum Gasteiger partial charge on any atom is 0.0558 e. The fourth-order valence-electron chi connectivity index (χ4n) is 2.26. The molecule has 0 saturated carbocycles. The van der Waals surface area contributed by atoms with Crippen LogP contribution < -0.4 is 0 Å². The molecule has 0 aliphatic heterocycles. The molecule has 0 unspecified atom stereocenters. The van der Waals surface area contributed by atoms with Gasteiger partial charge in [-0.15, -0.1) is 0 Å². The third-order valence-corrected chi connectivity index (χ3v) is 5.89. The van der Waals surface area contributed by atoms with Crippen LogP contribution in [-0.4, -0.2) is 140 Å². The Hall–Kier alpha value is 0.234. The minimum Gasteiger partial charge on any atom is -0.395 e. The van der Waals surface area contributed by atoms with E-state index in [0.717, 1.165) is 25.7 Å². The summed E-state index contributed by atoms with van der Waals surface area (Å²) in [4.78, 5) is 3.58. The molecule has 33 heavy (non-hydrogen) atoms. The summed E-state index contributed by atoms with van der Waals surface area (Å²) in [5.41, 5.74) is 0. The smallest absolute Gasteiger partial charge is 0.0558 e. The van der Waals surface area contributed by atoms with Crippen LogP contribution in [0.4, 0.5) is 0 Å². The van der Waals surface area contributed by atoms with Crippen molar-refractivity contribution < 1.29 is 62.8 Å². The number of rotatable bonds is 20. The van der Waals surface area contributed by atoms with Crippen molar-refractivity contribution in [1.29, 1.82) is 0 Å². The van der Waals surface area contributed by atoms with E-state index >= 15 is 0 Å². The Morgan fingerprint density at radius 2 is 0.758 bits per heavy atom. The van der Waals surface area contributed by atoms with Crippen LogP contribution in [0.25, 0.3) is 0 Å². The Morgan fingerprint density at radius 3 is 0.939 bits per heavy atom. The van der Waals surface area contributed by atoms with E-state index in [0.29, 0.717) is 52.5 Å². The van der Waals surface area contributed by atoms with Crippen molar-refractivity contribution in [2.45, 2.75) is 39.5 Å². The van der Waals surface area contributed by atoms with Gasteiger partial charge in [0.05, 0.1) is 39.6 Å². The van der Waals surface area contributed by atoms with Crippen molar-refractivity contribution in [1.82, 2.24) is 9.80 Å². The van der Waals surface area contributed by atoms with Gasteiger partial charge in [0.1, 0.15) is 0 Å². The van der Waals surface area contributed by atoms with Gasteiger partial charge in [0.2, 0.25) is 0 Å². The number of nitrogens with zero attached hydrogens (tertiary/aromatic N) is 2. The van der Waals surface area contributed by atoms with Gasteiger partial charge in [-0.1, -0.05) is 0 Å². The van der Waals surface area contributed by atoms with Gasteiger partial charge in [-0.2, -0.15) is 0 Å². The Bertz CT molecular complexity index is 302. The number of hydrogen-bond donors (Lipinski definition) is 8. The summed E-state index contributed by atoms with van der Waals surface area (Å²) < 4.78 is 28.3.